The topological polar surface area (TPSA) is 56.3 Å². The maximum absolute atomic E-state index is 10.3. The third kappa shape index (κ3) is 2.28. The summed E-state index contributed by atoms with van der Waals surface area (Å²) in [6, 6.07) is 11.2. The van der Waals surface area contributed by atoms with Crippen molar-refractivity contribution < 1.29 is 9.34 Å². The zero-order valence-electron chi connectivity index (χ0n) is 8.84. The van der Waals surface area contributed by atoms with Gasteiger partial charge in [0.15, 0.2) is 5.76 Å². The molecule has 4 heteroatoms. The van der Waals surface area contributed by atoms with Crippen LogP contribution in [0.4, 0.5) is 0 Å². The molecule has 0 bridgehead atoms. The van der Waals surface area contributed by atoms with Crippen LogP contribution in [0.2, 0.25) is 0 Å². The molecule has 82 valence electrons. The standard InChI is InChI=1S/C12H11NO3/c1-9-2-4-10(5-3-9)12-7-6-11(16-12)8-13(14)15/h2-7H,8H2,1H3. The molecule has 0 aliphatic carbocycles. The van der Waals surface area contributed by atoms with Crippen LogP contribution in [-0.4, -0.2) is 4.92 Å². The molecule has 0 amide bonds. The van der Waals surface area contributed by atoms with Gasteiger partial charge in [0.25, 0.3) is 6.54 Å². The molecule has 2 rings (SSSR count). The summed E-state index contributed by atoms with van der Waals surface area (Å²) in [6.07, 6.45) is 0. The van der Waals surface area contributed by atoms with E-state index in [2.05, 4.69) is 0 Å². The first-order chi connectivity index (χ1) is 7.65. The fourth-order valence-corrected chi connectivity index (χ4v) is 1.46. The third-order valence-corrected chi connectivity index (χ3v) is 2.28. The van der Waals surface area contributed by atoms with Crippen LogP contribution in [-0.2, 0) is 6.54 Å². The van der Waals surface area contributed by atoms with Gasteiger partial charge in [-0.1, -0.05) is 29.8 Å². The number of nitrogens with zero attached hydrogens (tertiary/aromatic N) is 1. The van der Waals surface area contributed by atoms with Gasteiger partial charge in [0.05, 0.1) is 0 Å². The molecule has 16 heavy (non-hydrogen) atoms. The highest BCUT2D eigenvalue weighted by Crippen LogP contribution is 2.22. The molecular formula is C12H11NO3. The van der Waals surface area contributed by atoms with Crippen LogP contribution in [0.5, 0.6) is 0 Å². The molecule has 1 aromatic carbocycles. The maximum atomic E-state index is 10.3. The van der Waals surface area contributed by atoms with Gasteiger partial charge in [-0.25, -0.2) is 0 Å². The van der Waals surface area contributed by atoms with Crippen molar-refractivity contribution in [2.45, 2.75) is 13.5 Å². The Morgan fingerprint density at radius 1 is 1.19 bits per heavy atom. The monoisotopic (exact) mass is 217 g/mol. The smallest absolute Gasteiger partial charge is 0.260 e. The molecule has 0 saturated carbocycles. The number of benzene rings is 1. The molecule has 2 aromatic rings. The SMILES string of the molecule is Cc1ccc(-c2ccc(C[N+](=O)[O-])o2)cc1. The molecule has 0 aliphatic rings. The zero-order chi connectivity index (χ0) is 11.5. The van der Waals surface area contributed by atoms with Crippen LogP contribution in [0, 0.1) is 17.0 Å². The van der Waals surface area contributed by atoms with Crippen molar-refractivity contribution in [2.24, 2.45) is 0 Å². The lowest BCUT2D eigenvalue weighted by molar-refractivity contribution is -0.499. The summed E-state index contributed by atoms with van der Waals surface area (Å²) >= 11 is 0. The quantitative estimate of drug-likeness (QED) is 0.586. The minimum atomic E-state index is -0.405. The zero-order valence-corrected chi connectivity index (χ0v) is 8.84. The van der Waals surface area contributed by atoms with Crippen molar-refractivity contribution in [3.05, 3.63) is 57.8 Å². The van der Waals surface area contributed by atoms with E-state index in [9.17, 15) is 10.1 Å². The Balaban J connectivity index is 2.24. The minimum absolute atomic E-state index is 0.272. The molecule has 0 fully saturated rings. The van der Waals surface area contributed by atoms with Gasteiger partial charge in [0.2, 0.25) is 0 Å². The van der Waals surface area contributed by atoms with E-state index in [0.717, 1.165) is 5.56 Å². The lowest BCUT2D eigenvalue weighted by Gasteiger charge is -1.97. The lowest BCUT2D eigenvalue weighted by atomic mass is 10.1. The Bertz CT molecular complexity index is 499. The molecular weight excluding hydrogens is 206 g/mol. The van der Waals surface area contributed by atoms with Gasteiger partial charge in [0, 0.05) is 10.5 Å². The lowest BCUT2D eigenvalue weighted by Crippen LogP contribution is -1.95. The van der Waals surface area contributed by atoms with Gasteiger partial charge in [-0.3, -0.25) is 10.1 Å². The summed E-state index contributed by atoms with van der Waals surface area (Å²) in [6.45, 7) is 1.73. The molecule has 0 atom stereocenters. The fourth-order valence-electron chi connectivity index (χ4n) is 1.46. The summed E-state index contributed by atoms with van der Waals surface area (Å²) in [4.78, 5) is 9.90. The first-order valence-corrected chi connectivity index (χ1v) is 4.93. The first-order valence-electron chi connectivity index (χ1n) is 4.93. The molecule has 0 unspecified atom stereocenters. The molecule has 0 saturated heterocycles. The van der Waals surface area contributed by atoms with E-state index >= 15 is 0 Å². The van der Waals surface area contributed by atoms with Crippen molar-refractivity contribution in [3.8, 4) is 11.3 Å². The number of nitro groups is 1. The van der Waals surface area contributed by atoms with E-state index in [1.54, 1.807) is 12.1 Å². The van der Waals surface area contributed by atoms with Gasteiger partial charge >= 0.3 is 0 Å². The van der Waals surface area contributed by atoms with Gasteiger partial charge in [-0.05, 0) is 19.1 Å². The number of rotatable bonds is 3. The van der Waals surface area contributed by atoms with E-state index in [4.69, 9.17) is 4.42 Å². The largest absolute Gasteiger partial charge is 0.454 e. The Morgan fingerprint density at radius 3 is 2.50 bits per heavy atom. The fraction of sp³-hybridized carbons (Fsp3) is 0.167. The van der Waals surface area contributed by atoms with Crippen LogP contribution in [0.3, 0.4) is 0 Å². The highest BCUT2D eigenvalue weighted by atomic mass is 16.6. The van der Waals surface area contributed by atoms with Crippen LogP contribution >= 0.6 is 0 Å². The van der Waals surface area contributed by atoms with Crippen molar-refractivity contribution in [2.75, 3.05) is 0 Å². The number of furan rings is 1. The highest BCUT2D eigenvalue weighted by Gasteiger charge is 2.08. The predicted molar refractivity (Wildman–Crippen MR) is 59.6 cm³/mol. The van der Waals surface area contributed by atoms with Gasteiger partial charge in [-0.15, -0.1) is 0 Å². The van der Waals surface area contributed by atoms with Crippen LogP contribution in [0.25, 0.3) is 11.3 Å². The Morgan fingerprint density at radius 2 is 1.88 bits per heavy atom. The Labute approximate surface area is 92.7 Å². The summed E-state index contributed by atoms with van der Waals surface area (Å²) in [5.74, 6) is 1.04. The predicted octanol–water partition coefficient (Wildman–Crippen LogP) is 3.03. The van der Waals surface area contributed by atoms with Crippen LogP contribution < -0.4 is 0 Å². The van der Waals surface area contributed by atoms with Crippen molar-refractivity contribution >= 4 is 0 Å². The molecule has 0 spiro atoms. The van der Waals surface area contributed by atoms with Crippen molar-refractivity contribution in [1.29, 1.82) is 0 Å². The normalized spacial score (nSPS) is 10.3. The molecule has 0 radical (unpaired) electrons. The van der Waals surface area contributed by atoms with Crippen LogP contribution in [0.15, 0.2) is 40.8 Å². The minimum Gasteiger partial charge on any atom is -0.454 e. The highest BCUT2D eigenvalue weighted by molar-refractivity contribution is 5.57. The molecule has 1 heterocycles. The number of aryl methyl sites for hydroxylation is 1. The van der Waals surface area contributed by atoms with Gasteiger partial charge in [0.1, 0.15) is 5.76 Å². The Kier molecular flexibility index (Phi) is 2.72. The van der Waals surface area contributed by atoms with Crippen molar-refractivity contribution in [1.82, 2.24) is 0 Å². The van der Waals surface area contributed by atoms with Crippen molar-refractivity contribution in [3.63, 3.8) is 0 Å². The average molecular weight is 217 g/mol. The second-order valence-electron chi connectivity index (χ2n) is 3.62. The summed E-state index contributed by atoms with van der Waals surface area (Å²) in [5.41, 5.74) is 2.10. The van der Waals surface area contributed by atoms with Crippen LogP contribution in [0.1, 0.15) is 11.3 Å². The van der Waals surface area contributed by atoms with Gasteiger partial charge < -0.3 is 4.42 Å². The van der Waals surface area contributed by atoms with E-state index in [0.29, 0.717) is 11.5 Å². The second-order valence-corrected chi connectivity index (χ2v) is 3.62. The second kappa shape index (κ2) is 4.18. The number of hydrogen-bond donors (Lipinski definition) is 0. The third-order valence-electron chi connectivity index (χ3n) is 2.28. The molecule has 4 nitrogen and oxygen atoms in total. The molecule has 0 aliphatic heterocycles. The van der Waals surface area contributed by atoms with E-state index in [1.165, 1.54) is 5.56 Å². The summed E-state index contributed by atoms with van der Waals surface area (Å²) < 4.78 is 5.38. The maximum Gasteiger partial charge on any atom is 0.260 e. The van der Waals surface area contributed by atoms with E-state index < -0.39 is 4.92 Å². The van der Waals surface area contributed by atoms with E-state index in [1.807, 2.05) is 31.2 Å². The average Bonchev–Trinajstić information content (AvgIpc) is 2.66. The van der Waals surface area contributed by atoms with Gasteiger partial charge in [-0.2, -0.15) is 0 Å². The number of hydrogen-bond acceptors (Lipinski definition) is 3. The first kappa shape index (κ1) is 10.4. The summed E-state index contributed by atoms with van der Waals surface area (Å²) in [7, 11) is 0. The molecule has 1 aromatic heterocycles. The summed E-state index contributed by atoms with van der Waals surface area (Å²) in [5, 5.41) is 10.3. The van der Waals surface area contributed by atoms with E-state index in [-0.39, 0.29) is 6.54 Å². The Hall–Kier alpha value is -2.10. The molecule has 0 N–H and O–H groups in total.